The van der Waals surface area contributed by atoms with Gasteiger partial charge in [-0.1, -0.05) is 55.1 Å². The van der Waals surface area contributed by atoms with Crippen LogP contribution in [0.4, 0.5) is 4.79 Å². The number of alkyl carbamates (subject to hydrolysis) is 1. The second-order valence-corrected chi connectivity index (χ2v) is 8.43. The van der Waals surface area contributed by atoms with Crippen molar-refractivity contribution in [3.63, 3.8) is 0 Å². The molecule has 1 atom stereocenters. The lowest BCUT2D eigenvalue weighted by molar-refractivity contribution is -0.123. The van der Waals surface area contributed by atoms with Gasteiger partial charge in [-0.25, -0.2) is 4.79 Å². The highest BCUT2D eigenvalue weighted by Crippen LogP contribution is 2.19. The minimum atomic E-state index is -0.776. The van der Waals surface area contributed by atoms with Crippen molar-refractivity contribution in [1.82, 2.24) is 15.6 Å². The van der Waals surface area contributed by atoms with Crippen molar-refractivity contribution in [3.05, 3.63) is 78.0 Å². The standard InChI is InChI=1S/C25H29N3O3/c1-5-17-10-12-18(13-11-17)15-27-23(29)22(28-24(30)31-25(2,3)4)14-19-16-26-21-9-7-6-8-20(19)21/h5-13,16,22,26H,1,14-15H2,2-4H3,(H,27,29)(H,28,30). The lowest BCUT2D eigenvalue weighted by atomic mass is 10.0. The van der Waals surface area contributed by atoms with Crippen LogP contribution in [0, 0.1) is 0 Å². The molecule has 162 valence electrons. The molecule has 0 aliphatic heterocycles. The van der Waals surface area contributed by atoms with Gasteiger partial charge in [-0.3, -0.25) is 4.79 Å². The Morgan fingerprint density at radius 2 is 1.84 bits per heavy atom. The number of rotatable bonds is 7. The van der Waals surface area contributed by atoms with E-state index in [0.717, 1.165) is 27.6 Å². The number of benzene rings is 2. The fourth-order valence-electron chi connectivity index (χ4n) is 3.26. The van der Waals surface area contributed by atoms with E-state index < -0.39 is 17.7 Å². The van der Waals surface area contributed by atoms with Crippen LogP contribution in [0.2, 0.25) is 0 Å². The number of carbonyl (C=O) groups excluding carboxylic acids is 2. The van der Waals surface area contributed by atoms with E-state index in [1.807, 2.05) is 54.7 Å². The smallest absolute Gasteiger partial charge is 0.408 e. The molecule has 0 bridgehead atoms. The predicted molar refractivity (Wildman–Crippen MR) is 124 cm³/mol. The summed E-state index contributed by atoms with van der Waals surface area (Å²) in [5.41, 5.74) is 3.25. The zero-order chi connectivity index (χ0) is 22.4. The molecule has 0 aliphatic carbocycles. The molecule has 3 N–H and O–H groups in total. The highest BCUT2D eigenvalue weighted by Gasteiger charge is 2.25. The maximum absolute atomic E-state index is 13.0. The largest absolute Gasteiger partial charge is 0.444 e. The highest BCUT2D eigenvalue weighted by atomic mass is 16.6. The first-order valence-corrected chi connectivity index (χ1v) is 10.3. The summed E-state index contributed by atoms with van der Waals surface area (Å²) in [6.45, 7) is 9.46. The van der Waals surface area contributed by atoms with Crippen molar-refractivity contribution < 1.29 is 14.3 Å². The Labute approximate surface area is 182 Å². The molecule has 1 unspecified atom stereocenters. The Bertz CT molecular complexity index is 1060. The average molecular weight is 420 g/mol. The number of para-hydroxylation sites is 1. The predicted octanol–water partition coefficient (Wildman–Crippen LogP) is 4.56. The van der Waals surface area contributed by atoms with E-state index >= 15 is 0 Å². The van der Waals surface area contributed by atoms with Crippen molar-refractivity contribution in [2.45, 2.75) is 45.4 Å². The maximum Gasteiger partial charge on any atom is 0.408 e. The van der Waals surface area contributed by atoms with E-state index in [-0.39, 0.29) is 5.91 Å². The number of ether oxygens (including phenoxy) is 1. The number of carbonyl (C=O) groups is 2. The molecule has 0 spiro atoms. The number of aromatic nitrogens is 1. The number of hydrogen-bond acceptors (Lipinski definition) is 3. The molecule has 1 heterocycles. The van der Waals surface area contributed by atoms with Gasteiger partial charge >= 0.3 is 6.09 Å². The molecule has 3 aromatic rings. The summed E-state index contributed by atoms with van der Waals surface area (Å²) in [5.74, 6) is -0.274. The fraction of sp³-hybridized carbons (Fsp3) is 0.280. The van der Waals surface area contributed by atoms with Crippen molar-refractivity contribution in [1.29, 1.82) is 0 Å². The molecular formula is C25H29N3O3. The summed E-state index contributed by atoms with van der Waals surface area (Å²) in [5, 5.41) is 6.67. The van der Waals surface area contributed by atoms with Crippen molar-refractivity contribution in [3.8, 4) is 0 Å². The number of fused-ring (bicyclic) bond motifs is 1. The van der Waals surface area contributed by atoms with Gasteiger partial charge in [-0.15, -0.1) is 0 Å². The van der Waals surface area contributed by atoms with Gasteiger partial charge in [0, 0.05) is 30.1 Å². The molecule has 6 nitrogen and oxygen atoms in total. The molecule has 0 saturated heterocycles. The summed E-state index contributed by atoms with van der Waals surface area (Å²) in [6, 6.07) is 14.8. The topological polar surface area (TPSA) is 83.2 Å². The lowest BCUT2D eigenvalue weighted by Crippen LogP contribution is -2.49. The number of amides is 2. The minimum absolute atomic E-state index is 0.274. The third kappa shape index (κ3) is 6.22. The van der Waals surface area contributed by atoms with Crippen LogP contribution in [-0.4, -0.2) is 28.6 Å². The Kier molecular flexibility index (Phi) is 6.80. The van der Waals surface area contributed by atoms with Gasteiger partial charge < -0.3 is 20.4 Å². The summed E-state index contributed by atoms with van der Waals surface area (Å²) in [6.07, 6.45) is 3.35. The summed E-state index contributed by atoms with van der Waals surface area (Å²) >= 11 is 0. The summed E-state index contributed by atoms with van der Waals surface area (Å²) in [4.78, 5) is 28.6. The maximum atomic E-state index is 13.0. The van der Waals surface area contributed by atoms with Crippen LogP contribution in [0.3, 0.4) is 0 Å². The second kappa shape index (κ2) is 9.51. The molecule has 0 saturated carbocycles. The van der Waals surface area contributed by atoms with E-state index in [4.69, 9.17) is 4.74 Å². The van der Waals surface area contributed by atoms with Crippen LogP contribution >= 0.6 is 0 Å². The molecule has 6 heteroatoms. The van der Waals surface area contributed by atoms with E-state index in [2.05, 4.69) is 22.2 Å². The second-order valence-electron chi connectivity index (χ2n) is 8.43. The molecule has 1 aromatic heterocycles. The molecular weight excluding hydrogens is 390 g/mol. The highest BCUT2D eigenvalue weighted by molar-refractivity contribution is 5.88. The van der Waals surface area contributed by atoms with Gasteiger partial charge in [0.2, 0.25) is 5.91 Å². The van der Waals surface area contributed by atoms with Crippen LogP contribution in [0.15, 0.2) is 61.3 Å². The first-order valence-electron chi connectivity index (χ1n) is 10.3. The Morgan fingerprint density at radius 3 is 2.52 bits per heavy atom. The average Bonchev–Trinajstić information content (AvgIpc) is 3.13. The fourth-order valence-corrected chi connectivity index (χ4v) is 3.26. The minimum Gasteiger partial charge on any atom is -0.444 e. The molecule has 0 radical (unpaired) electrons. The SMILES string of the molecule is C=Cc1ccc(CNC(=O)C(Cc2c[nH]c3ccccc23)NC(=O)OC(C)(C)C)cc1. The van der Waals surface area contributed by atoms with Crippen LogP contribution in [0.1, 0.15) is 37.5 Å². The first-order chi connectivity index (χ1) is 14.7. The quantitative estimate of drug-likeness (QED) is 0.525. The Hall–Kier alpha value is -3.54. The van der Waals surface area contributed by atoms with Gasteiger partial charge in [-0.2, -0.15) is 0 Å². The van der Waals surface area contributed by atoms with Crippen LogP contribution < -0.4 is 10.6 Å². The van der Waals surface area contributed by atoms with E-state index in [9.17, 15) is 9.59 Å². The number of aromatic amines is 1. The van der Waals surface area contributed by atoms with E-state index in [1.54, 1.807) is 26.8 Å². The van der Waals surface area contributed by atoms with Gasteiger partial charge in [0.1, 0.15) is 11.6 Å². The Morgan fingerprint density at radius 1 is 1.13 bits per heavy atom. The van der Waals surface area contributed by atoms with Gasteiger partial charge in [0.15, 0.2) is 0 Å². The molecule has 3 rings (SSSR count). The van der Waals surface area contributed by atoms with Crippen molar-refractivity contribution in [2.24, 2.45) is 0 Å². The monoisotopic (exact) mass is 419 g/mol. The molecule has 2 aromatic carbocycles. The van der Waals surface area contributed by atoms with E-state index in [0.29, 0.717) is 13.0 Å². The first kappa shape index (κ1) is 22.2. The van der Waals surface area contributed by atoms with Crippen molar-refractivity contribution in [2.75, 3.05) is 0 Å². The number of nitrogens with one attached hydrogen (secondary N) is 3. The third-order valence-corrected chi connectivity index (χ3v) is 4.79. The Balaban J connectivity index is 1.74. The zero-order valence-corrected chi connectivity index (χ0v) is 18.2. The summed E-state index contributed by atoms with van der Waals surface area (Å²) < 4.78 is 5.37. The molecule has 0 fully saturated rings. The van der Waals surface area contributed by atoms with Crippen LogP contribution in [0.25, 0.3) is 17.0 Å². The van der Waals surface area contributed by atoms with Gasteiger partial charge in [0.25, 0.3) is 0 Å². The molecule has 0 aliphatic rings. The van der Waals surface area contributed by atoms with Crippen molar-refractivity contribution >= 4 is 29.0 Å². The van der Waals surface area contributed by atoms with Gasteiger partial charge in [0.05, 0.1) is 0 Å². The number of hydrogen-bond donors (Lipinski definition) is 3. The van der Waals surface area contributed by atoms with Gasteiger partial charge in [-0.05, 0) is 43.5 Å². The van der Waals surface area contributed by atoms with Crippen LogP contribution in [0.5, 0.6) is 0 Å². The normalized spacial score (nSPS) is 12.2. The lowest BCUT2D eigenvalue weighted by Gasteiger charge is -2.23. The van der Waals surface area contributed by atoms with Crippen LogP contribution in [-0.2, 0) is 22.5 Å². The molecule has 31 heavy (non-hydrogen) atoms. The zero-order valence-electron chi connectivity index (χ0n) is 18.2. The van der Waals surface area contributed by atoms with E-state index in [1.165, 1.54) is 0 Å². The third-order valence-electron chi connectivity index (χ3n) is 4.79. The summed E-state index contributed by atoms with van der Waals surface area (Å²) in [7, 11) is 0. The molecule has 2 amide bonds. The number of H-pyrrole nitrogens is 1.